The van der Waals surface area contributed by atoms with Gasteiger partial charge in [0.05, 0.1) is 0 Å². The maximum atomic E-state index is 6.56. The van der Waals surface area contributed by atoms with E-state index in [1.54, 1.807) is 0 Å². The van der Waals surface area contributed by atoms with E-state index in [1.807, 2.05) is 30.3 Å². The van der Waals surface area contributed by atoms with Gasteiger partial charge in [-0.1, -0.05) is 121 Å². The molecule has 0 saturated heterocycles. The lowest BCUT2D eigenvalue weighted by Gasteiger charge is -2.24. The molecule has 0 spiro atoms. The lowest BCUT2D eigenvalue weighted by molar-refractivity contribution is 0.361. The van der Waals surface area contributed by atoms with Crippen LogP contribution >= 0.6 is 0 Å². The quantitative estimate of drug-likeness (QED) is 0.162. The minimum atomic E-state index is 0.726. The van der Waals surface area contributed by atoms with Gasteiger partial charge >= 0.3 is 0 Å². The van der Waals surface area contributed by atoms with Crippen LogP contribution in [-0.4, -0.2) is 0 Å². The van der Waals surface area contributed by atoms with Gasteiger partial charge in [-0.3, -0.25) is 0 Å². The molecule has 0 aliphatic carbocycles. The van der Waals surface area contributed by atoms with E-state index in [0.29, 0.717) is 0 Å². The van der Waals surface area contributed by atoms with Crippen LogP contribution < -0.4 is 9.47 Å². The highest BCUT2D eigenvalue weighted by atomic mass is 16.6. The molecule has 0 bridgehead atoms. The van der Waals surface area contributed by atoms with Gasteiger partial charge in [-0.15, -0.1) is 0 Å². The number of para-hydroxylation sites is 3. The highest BCUT2D eigenvalue weighted by Gasteiger charge is 2.25. The summed E-state index contributed by atoms with van der Waals surface area (Å²) in [6.07, 6.45) is 0. The molecule has 0 fully saturated rings. The van der Waals surface area contributed by atoms with Gasteiger partial charge < -0.3 is 9.47 Å². The van der Waals surface area contributed by atoms with E-state index >= 15 is 0 Å². The van der Waals surface area contributed by atoms with Gasteiger partial charge in [0.15, 0.2) is 23.0 Å². The second-order valence-electron chi connectivity index (χ2n) is 10.8. The van der Waals surface area contributed by atoms with Gasteiger partial charge in [-0.2, -0.15) is 0 Å². The van der Waals surface area contributed by atoms with Gasteiger partial charge in [0, 0.05) is 11.1 Å². The highest BCUT2D eigenvalue weighted by molar-refractivity contribution is 6.26. The number of ether oxygens (including phenoxy) is 2. The molecule has 2 nitrogen and oxygen atoms in total. The normalized spacial score (nSPS) is 12.2. The summed E-state index contributed by atoms with van der Waals surface area (Å²) in [5, 5.41) is 9.82. The van der Waals surface area contributed by atoms with Crippen molar-refractivity contribution in [2.24, 2.45) is 0 Å². The molecule has 8 aromatic rings. The highest BCUT2D eigenvalue weighted by Crippen LogP contribution is 2.53. The van der Waals surface area contributed by atoms with Crippen LogP contribution in [0.4, 0.5) is 0 Å². The zero-order valence-electron chi connectivity index (χ0n) is 22.7. The summed E-state index contributed by atoms with van der Waals surface area (Å²) < 4.78 is 12.9. The molecule has 0 N–H and O–H groups in total. The molecule has 0 unspecified atom stereocenters. The van der Waals surface area contributed by atoms with Gasteiger partial charge in [0.25, 0.3) is 0 Å². The van der Waals surface area contributed by atoms with Crippen LogP contribution in [0.1, 0.15) is 0 Å². The van der Waals surface area contributed by atoms with Crippen molar-refractivity contribution in [1.82, 2.24) is 0 Å². The minimum absolute atomic E-state index is 0.726. The summed E-state index contributed by atoms with van der Waals surface area (Å²) in [7, 11) is 0. The first-order valence-electron chi connectivity index (χ1n) is 14.3. The molecule has 0 atom stereocenters. The Balaban J connectivity index is 1.41. The molecule has 0 radical (unpaired) electrons. The third-order valence-corrected chi connectivity index (χ3v) is 8.50. The van der Waals surface area contributed by atoms with Crippen LogP contribution in [0.3, 0.4) is 0 Å². The Kier molecular flexibility index (Phi) is 4.93. The second-order valence-corrected chi connectivity index (χ2v) is 10.8. The van der Waals surface area contributed by atoms with Gasteiger partial charge in [-0.05, 0) is 78.5 Å². The molecular formula is C40H24O2. The Labute approximate surface area is 243 Å². The van der Waals surface area contributed by atoms with Gasteiger partial charge in [0.2, 0.25) is 0 Å². The maximum Gasteiger partial charge on any atom is 0.177 e. The summed E-state index contributed by atoms with van der Waals surface area (Å²) >= 11 is 0. The molecule has 0 saturated carbocycles. The van der Waals surface area contributed by atoms with Crippen LogP contribution in [0, 0.1) is 0 Å². The molecule has 0 aromatic heterocycles. The standard InChI is InChI=1S/C40H24O2/c1-2-13-26-25(12-1)24-34(28-15-4-3-14-27(26)28)39-31-18-7-5-16-29(31)38(30-17-6-8-19-32(30)39)33-20-11-23-37-40(33)42-36-22-10-9-21-35(36)41-37/h1-24H. The van der Waals surface area contributed by atoms with Crippen molar-refractivity contribution in [2.75, 3.05) is 0 Å². The smallest absolute Gasteiger partial charge is 0.177 e. The topological polar surface area (TPSA) is 18.5 Å². The van der Waals surface area contributed by atoms with E-state index in [0.717, 1.165) is 34.1 Å². The van der Waals surface area contributed by atoms with E-state index in [-0.39, 0.29) is 0 Å². The molecule has 42 heavy (non-hydrogen) atoms. The number of hydrogen-bond donors (Lipinski definition) is 0. The Hall–Kier alpha value is -5.60. The van der Waals surface area contributed by atoms with Gasteiger partial charge in [0.1, 0.15) is 0 Å². The van der Waals surface area contributed by atoms with Crippen molar-refractivity contribution in [2.45, 2.75) is 0 Å². The molecule has 1 aliphatic rings. The van der Waals surface area contributed by atoms with Gasteiger partial charge in [-0.25, -0.2) is 0 Å². The summed E-state index contributed by atoms with van der Waals surface area (Å²) in [5.41, 5.74) is 4.66. The molecule has 196 valence electrons. The Morgan fingerprint density at radius 1 is 0.310 bits per heavy atom. The zero-order chi connectivity index (χ0) is 27.6. The van der Waals surface area contributed by atoms with Crippen molar-refractivity contribution in [3.63, 3.8) is 0 Å². The average Bonchev–Trinajstić information content (AvgIpc) is 3.06. The number of rotatable bonds is 2. The largest absolute Gasteiger partial charge is 0.449 e. The van der Waals surface area contributed by atoms with Crippen molar-refractivity contribution in [1.29, 1.82) is 0 Å². The summed E-state index contributed by atoms with van der Waals surface area (Å²) in [5.74, 6) is 2.93. The van der Waals surface area contributed by atoms with Crippen molar-refractivity contribution in [3.8, 4) is 45.3 Å². The van der Waals surface area contributed by atoms with Crippen LogP contribution in [0.5, 0.6) is 23.0 Å². The van der Waals surface area contributed by atoms with E-state index in [9.17, 15) is 0 Å². The van der Waals surface area contributed by atoms with E-state index < -0.39 is 0 Å². The summed E-state index contributed by atoms with van der Waals surface area (Å²) in [6, 6.07) is 51.4. The first-order chi connectivity index (χ1) is 20.8. The van der Waals surface area contributed by atoms with Crippen LogP contribution in [0.25, 0.3) is 65.3 Å². The van der Waals surface area contributed by atoms with E-state index in [1.165, 1.54) is 54.2 Å². The van der Waals surface area contributed by atoms with Crippen molar-refractivity contribution < 1.29 is 9.47 Å². The SMILES string of the molecule is c1ccc2c(c1)Oc1cccc(-c3c4ccccc4c(-c4cc5ccccc5c5ccccc45)c4ccccc34)c1O2. The molecule has 1 heterocycles. The van der Waals surface area contributed by atoms with Crippen molar-refractivity contribution >= 4 is 43.1 Å². The third-order valence-electron chi connectivity index (χ3n) is 8.50. The fourth-order valence-corrected chi connectivity index (χ4v) is 6.72. The first kappa shape index (κ1) is 23.1. The predicted molar refractivity (Wildman–Crippen MR) is 174 cm³/mol. The second kappa shape index (κ2) is 8.95. The van der Waals surface area contributed by atoms with Crippen LogP contribution in [0.15, 0.2) is 146 Å². The average molecular weight is 537 g/mol. The number of fused-ring (bicyclic) bond motifs is 7. The Morgan fingerprint density at radius 3 is 1.45 bits per heavy atom. The van der Waals surface area contributed by atoms with Crippen LogP contribution in [-0.2, 0) is 0 Å². The van der Waals surface area contributed by atoms with Crippen LogP contribution in [0.2, 0.25) is 0 Å². The number of benzene rings is 8. The summed E-state index contributed by atoms with van der Waals surface area (Å²) in [6.45, 7) is 0. The maximum absolute atomic E-state index is 6.56. The molecule has 1 aliphatic heterocycles. The fourth-order valence-electron chi connectivity index (χ4n) is 6.72. The van der Waals surface area contributed by atoms with E-state index in [2.05, 4.69) is 115 Å². The minimum Gasteiger partial charge on any atom is -0.449 e. The first-order valence-corrected chi connectivity index (χ1v) is 14.3. The number of hydrogen-bond acceptors (Lipinski definition) is 2. The molecule has 0 amide bonds. The monoisotopic (exact) mass is 536 g/mol. The molecule has 2 heteroatoms. The van der Waals surface area contributed by atoms with E-state index in [4.69, 9.17) is 9.47 Å². The Morgan fingerprint density at radius 2 is 0.786 bits per heavy atom. The Bertz CT molecular complexity index is 2310. The fraction of sp³-hybridized carbons (Fsp3) is 0. The molecular weight excluding hydrogens is 512 g/mol. The van der Waals surface area contributed by atoms with Crippen molar-refractivity contribution in [3.05, 3.63) is 146 Å². The third kappa shape index (κ3) is 3.33. The summed E-state index contributed by atoms with van der Waals surface area (Å²) in [4.78, 5) is 0. The molecule has 8 aromatic carbocycles. The zero-order valence-corrected chi connectivity index (χ0v) is 22.7. The lowest BCUT2D eigenvalue weighted by atomic mass is 9.83. The predicted octanol–water partition coefficient (Wildman–Crippen LogP) is 11.5. The molecule has 9 rings (SSSR count). The lowest BCUT2D eigenvalue weighted by Crippen LogP contribution is -2.01.